The molecule has 6 nitrogen and oxygen atoms in total. The summed E-state index contributed by atoms with van der Waals surface area (Å²) in [5.41, 5.74) is 1.88. The van der Waals surface area contributed by atoms with Crippen molar-refractivity contribution in [2.75, 3.05) is 32.7 Å². The van der Waals surface area contributed by atoms with Crippen LogP contribution in [0.15, 0.2) is 71.7 Å². The zero-order valence-corrected chi connectivity index (χ0v) is 17.0. The van der Waals surface area contributed by atoms with Gasteiger partial charge in [-0.2, -0.15) is 5.10 Å². The molecular formula is C24H26N4O2. The first-order chi connectivity index (χ1) is 14.7. The van der Waals surface area contributed by atoms with E-state index in [9.17, 15) is 9.59 Å². The summed E-state index contributed by atoms with van der Waals surface area (Å²) in [6, 6.07) is 17.7. The van der Waals surface area contributed by atoms with E-state index in [1.54, 1.807) is 10.7 Å². The van der Waals surface area contributed by atoms with Crippen LogP contribution < -0.4 is 5.43 Å². The molecule has 0 radical (unpaired) electrons. The number of carbonyl (C=O) groups is 1. The quantitative estimate of drug-likeness (QED) is 0.636. The van der Waals surface area contributed by atoms with Crippen molar-refractivity contribution in [3.05, 3.63) is 82.7 Å². The van der Waals surface area contributed by atoms with E-state index >= 15 is 0 Å². The average molecular weight is 402 g/mol. The Kier molecular flexibility index (Phi) is 6.35. The topological polar surface area (TPSA) is 58.4 Å². The molecule has 154 valence electrons. The van der Waals surface area contributed by atoms with Gasteiger partial charge in [-0.3, -0.25) is 19.2 Å². The number of nitrogens with zero attached hydrogens (tertiary/aromatic N) is 4. The summed E-state index contributed by atoms with van der Waals surface area (Å²) >= 11 is 0. The third-order valence-corrected chi connectivity index (χ3v) is 5.50. The number of benzene rings is 2. The van der Waals surface area contributed by atoms with E-state index in [1.165, 1.54) is 11.8 Å². The van der Waals surface area contributed by atoms with Crippen molar-refractivity contribution < 1.29 is 4.79 Å². The molecule has 2 aromatic carbocycles. The highest BCUT2D eigenvalue weighted by atomic mass is 16.2. The van der Waals surface area contributed by atoms with E-state index in [2.05, 4.69) is 34.3 Å². The fourth-order valence-corrected chi connectivity index (χ4v) is 3.78. The summed E-state index contributed by atoms with van der Waals surface area (Å²) in [5, 5.41) is 4.85. The molecule has 1 aliphatic rings. The summed E-state index contributed by atoms with van der Waals surface area (Å²) in [7, 11) is 0. The molecule has 6 heteroatoms. The van der Waals surface area contributed by atoms with Crippen molar-refractivity contribution in [3.63, 3.8) is 0 Å². The molecular weight excluding hydrogens is 376 g/mol. The molecule has 0 saturated carbocycles. The van der Waals surface area contributed by atoms with E-state index in [4.69, 9.17) is 0 Å². The van der Waals surface area contributed by atoms with Crippen molar-refractivity contribution in [1.29, 1.82) is 0 Å². The van der Waals surface area contributed by atoms with Crippen molar-refractivity contribution in [1.82, 2.24) is 19.6 Å². The highest BCUT2D eigenvalue weighted by molar-refractivity contribution is 5.79. The molecule has 0 aliphatic carbocycles. The Morgan fingerprint density at radius 1 is 0.967 bits per heavy atom. The second-order valence-corrected chi connectivity index (χ2v) is 7.49. The minimum Gasteiger partial charge on any atom is -0.340 e. The fourth-order valence-electron chi connectivity index (χ4n) is 3.78. The Morgan fingerprint density at radius 3 is 2.50 bits per heavy atom. The van der Waals surface area contributed by atoms with Gasteiger partial charge in [-0.1, -0.05) is 54.6 Å². The summed E-state index contributed by atoms with van der Waals surface area (Å²) in [5.74, 6) is 0.138. The van der Waals surface area contributed by atoms with Crippen molar-refractivity contribution >= 4 is 22.9 Å². The highest BCUT2D eigenvalue weighted by Gasteiger charge is 2.20. The van der Waals surface area contributed by atoms with Crippen molar-refractivity contribution in [2.45, 2.75) is 13.0 Å². The Bertz CT molecular complexity index is 1080. The minimum absolute atomic E-state index is 0.0920. The van der Waals surface area contributed by atoms with Gasteiger partial charge in [0, 0.05) is 44.5 Å². The number of aryl methyl sites for hydroxylation is 1. The molecule has 1 aliphatic heterocycles. The Labute approximate surface area is 176 Å². The molecule has 0 N–H and O–H groups in total. The maximum Gasteiger partial charge on any atom is 0.224 e. The zero-order valence-electron chi connectivity index (χ0n) is 17.0. The van der Waals surface area contributed by atoms with Crippen LogP contribution in [0.1, 0.15) is 12.0 Å². The predicted octanol–water partition coefficient (Wildman–Crippen LogP) is 2.64. The molecule has 1 saturated heterocycles. The lowest BCUT2D eigenvalue weighted by Gasteiger charge is -2.34. The highest BCUT2D eigenvalue weighted by Crippen LogP contribution is 2.10. The van der Waals surface area contributed by atoms with Crippen molar-refractivity contribution in [2.24, 2.45) is 0 Å². The van der Waals surface area contributed by atoms with Gasteiger partial charge in [0.15, 0.2) is 0 Å². The van der Waals surface area contributed by atoms with Gasteiger partial charge in [0.05, 0.1) is 18.3 Å². The van der Waals surface area contributed by atoms with Gasteiger partial charge < -0.3 is 4.90 Å². The molecule has 1 fully saturated rings. The molecule has 0 atom stereocenters. The van der Waals surface area contributed by atoms with Gasteiger partial charge in [0.25, 0.3) is 0 Å². The molecule has 0 bridgehead atoms. The molecule has 1 amide bonds. The summed E-state index contributed by atoms with van der Waals surface area (Å²) in [6.07, 6.45) is 6.03. The van der Waals surface area contributed by atoms with Crippen LogP contribution in [0.2, 0.25) is 0 Å². The first-order valence-corrected chi connectivity index (χ1v) is 10.4. The lowest BCUT2D eigenvalue weighted by atomic mass is 10.2. The van der Waals surface area contributed by atoms with Crippen LogP contribution in [0.25, 0.3) is 17.0 Å². The summed E-state index contributed by atoms with van der Waals surface area (Å²) in [6.45, 7) is 4.62. The number of aromatic nitrogens is 2. The first kappa shape index (κ1) is 20.0. The molecule has 0 spiro atoms. The number of rotatable bonds is 6. The Balaban J connectivity index is 1.26. The van der Waals surface area contributed by atoms with Crippen LogP contribution in [-0.2, 0) is 11.3 Å². The van der Waals surface area contributed by atoms with Crippen LogP contribution in [0.5, 0.6) is 0 Å². The lowest BCUT2D eigenvalue weighted by molar-refractivity contribution is -0.133. The standard InChI is InChI=1S/C24H26N4O2/c29-23-19-25-28(22-11-5-4-10-21(22)23)14-12-24(30)27-17-15-26(16-18-27)13-6-9-20-7-2-1-3-8-20/h1-11,19H,12-18H2/b9-6+. The van der Waals surface area contributed by atoms with Gasteiger partial charge in [-0.05, 0) is 17.7 Å². The van der Waals surface area contributed by atoms with E-state index < -0.39 is 0 Å². The van der Waals surface area contributed by atoms with Crippen LogP contribution in [0.3, 0.4) is 0 Å². The Morgan fingerprint density at radius 2 is 1.70 bits per heavy atom. The lowest BCUT2D eigenvalue weighted by Crippen LogP contribution is -2.48. The summed E-state index contributed by atoms with van der Waals surface area (Å²) < 4.78 is 1.75. The van der Waals surface area contributed by atoms with E-state index in [1.807, 2.05) is 41.3 Å². The normalized spacial score (nSPS) is 15.1. The van der Waals surface area contributed by atoms with Crippen LogP contribution in [-0.4, -0.2) is 58.2 Å². The first-order valence-electron chi connectivity index (χ1n) is 10.4. The molecule has 2 heterocycles. The SMILES string of the molecule is O=C(CCn1ncc(=O)c2ccccc21)N1CCN(C/C=C/c2ccccc2)CC1. The minimum atomic E-state index is -0.0920. The van der Waals surface area contributed by atoms with Crippen LogP contribution >= 0.6 is 0 Å². The molecule has 1 aromatic heterocycles. The van der Waals surface area contributed by atoms with Crippen LogP contribution in [0.4, 0.5) is 0 Å². The number of amides is 1. The number of carbonyl (C=O) groups excluding carboxylic acids is 1. The maximum atomic E-state index is 12.7. The number of piperazine rings is 1. The summed E-state index contributed by atoms with van der Waals surface area (Å²) in [4.78, 5) is 28.9. The van der Waals surface area contributed by atoms with E-state index in [0.29, 0.717) is 18.4 Å². The van der Waals surface area contributed by atoms with Crippen molar-refractivity contribution in [3.8, 4) is 0 Å². The van der Waals surface area contributed by atoms with Gasteiger partial charge in [-0.15, -0.1) is 0 Å². The second-order valence-electron chi connectivity index (χ2n) is 7.49. The molecule has 0 unspecified atom stereocenters. The zero-order chi connectivity index (χ0) is 20.8. The van der Waals surface area contributed by atoms with Gasteiger partial charge in [-0.25, -0.2) is 0 Å². The number of para-hydroxylation sites is 1. The molecule has 4 rings (SSSR count). The molecule has 3 aromatic rings. The average Bonchev–Trinajstić information content (AvgIpc) is 2.80. The van der Waals surface area contributed by atoms with Crippen LogP contribution in [0, 0.1) is 0 Å². The van der Waals surface area contributed by atoms with Gasteiger partial charge in [0.1, 0.15) is 0 Å². The Hall–Kier alpha value is -3.25. The second kappa shape index (κ2) is 9.50. The number of hydrogen-bond acceptors (Lipinski definition) is 4. The third-order valence-electron chi connectivity index (χ3n) is 5.50. The number of hydrogen-bond donors (Lipinski definition) is 0. The van der Waals surface area contributed by atoms with Gasteiger partial charge >= 0.3 is 0 Å². The van der Waals surface area contributed by atoms with E-state index in [0.717, 1.165) is 38.2 Å². The largest absolute Gasteiger partial charge is 0.340 e. The molecule has 30 heavy (non-hydrogen) atoms. The fraction of sp³-hybridized carbons (Fsp3) is 0.292. The maximum absolute atomic E-state index is 12.7. The monoisotopic (exact) mass is 402 g/mol. The van der Waals surface area contributed by atoms with Gasteiger partial charge in [0.2, 0.25) is 11.3 Å². The third kappa shape index (κ3) is 4.83. The number of fused-ring (bicyclic) bond motifs is 1. The smallest absolute Gasteiger partial charge is 0.224 e. The predicted molar refractivity (Wildman–Crippen MR) is 119 cm³/mol. The van der Waals surface area contributed by atoms with E-state index in [-0.39, 0.29) is 11.3 Å².